The van der Waals surface area contributed by atoms with Crippen molar-refractivity contribution < 1.29 is 4.79 Å². The lowest BCUT2D eigenvalue weighted by atomic mass is 10.0. The number of amides is 1. The Morgan fingerprint density at radius 1 is 0.966 bits per heavy atom. The fourth-order valence-corrected chi connectivity index (χ4v) is 4.28. The van der Waals surface area contributed by atoms with Gasteiger partial charge in [0.2, 0.25) is 0 Å². The van der Waals surface area contributed by atoms with Crippen molar-refractivity contribution in [3.05, 3.63) is 84.2 Å². The van der Waals surface area contributed by atoms with Crippen LogP contribution in [0.1, 0.15) is 15.9 Å². The Labute approximate surface area is 171 Å². The van der Waals surface area contributed by atoms with Gasteiger partial charge in [0.25, 0.3) is 5.91 Å². The Kier molecular flexibility index (Phi) is 4.26. The summed E-state index contributed by atoms with van der Waals surface area (Å²) in [5, 5.41) is 4.37. The van der Waals surface area contributed by atoms with Crippen LogP contribution in [0, 0.1) is 6.92 Å². The summed E-state index contributed by atoms with van der Waals surface area (Å²) >= 11 is 1.47. The second-order valence-corrected chi connectivity index (χ2v) is 7.73. The monoisotopic (exact) mass is 396 g/mol. The van der Waals surface area contributed by atoms with E-state index in [1.807, 2.05) is 67.6 Å². The van der Waals surface area contributed by atoms with Crippen LogP contribution in [0.3, 0.4) is 0 Å². The summed E-state index contributed by atoms with van der Waals surface area (Å²) in [7, 11) is 0. The number of benzene rings is 2. The number of thiazole rings is 1. The highest BCUT2D eigenvalue weighted by Gasteiger charge is 2.16. The SMILES string of the molecule is Cc1cccc2sc(NC(=O)c3cc(-c4ccncc4)nc4ccccc34)nc12. The average Bonchev–Trinajstić information content (AvgIpc) is 3.17. The standard InChI is InChI=1S/C23H16N4OS/c1-14-5-4-8-20-21(14)26-23(29-20)27-22(28)17-13-19(15-9-11-24-12-10-15)25-18-7-3-2-6-16(17)18/h2-13H,1H3,(H,26,27,28). The number of hydrogen-bond donors (Lipinski definition) is 1. The van der Waals surface area contributed by atoms with Gasteiger partial charge < -0.3 is 0 Å². The van der Waals surface area contributed by atoms with E-state index in [9.17, 15) is 4.79 Å². The third-order valence-electron chi connectivity index (χ3n) is 4.78. The van der Waals surface area contributed by atoms with Crippen molar-refractivity contribution in [2.24, 2.45) is 0 Å². The molecule has 3 heterocycles. The third kappa shape index (κ3) is 3.23. The zero-order chi connectivity index (χ0) is 19.8. The van der Waals surface area contributed by atoms with E-state index in [1.54, 1.807) is 12.4 Å². The predicted octanol–water partition coefficient (Wildman–Crippen LogP) is 5.47. The normalized spacial score (nSPS) is 11.1. The van der Waals surface area contributed by atoms with E-state index < -0.39 is 0 Å². The lowest BCUT2D eigenvalue weighted by molar-refractivity contribution is 0.102. The minimum absolute atomic E-state index is 0.199. The minimum Gasteiger partial charge on any atom is -0.298 e. The van der Waals surface area contributed by atoms with E-state index in [2.05, 4.69) is 15.3 Å². The molecule has 140 valence electrons. The van der Waals surface area contributed by atoms with E-state index in [0.717, 1.165) is 37.9 Å². The van der Waals surface area contributed by atoms with E-state index in [-0.39, 0.29) is 5.91 Å². The van der Waals surface area contributed by atoms with E-state index in [0.29, 0.717) is 10.7 Å². The van der Waals surface area contributed by atoms with Crippen LogP contribution < -0.4 is 5.32 Å². The van der Waals surface area contributed by atoms with Crippen molar-refractivity contribution in [2.75, 3.05) is 5.32 Å². The van der Waals surface area contributed by atoms with Crippen LogP contribution in [-0.2, 0) is 0 Å². The number of anilines is 1. The van der Waals surface area contributed by atoms with Crippen molar-refractivity contribution >= 4 is 43.5 Å². The first-order chi connectivity index (χ1) is 14.2. The molecule has 5 aromatic rings. The van der Waals surface area contributed by atoms with Crippen LogP contribution in [0.15, 0.2) is 73.1 Å². The molecule has 3 aromatic heterocycles. The molecule has 29 heavy (non-hydrogen) atoms. The predicted molar refractivity (Wildman–Crippen MR) is 117 cm³/mol. The largest absolute Gasteiger partial charge is 0.298 e. The van der Waals surface area contributed by atoms with Crippen LogP contribution >= 0.6 is 11.3 Å². The molecule has 0 saturated heterocycles. The number of carbonyl (C=O) groups excluding carboxylic acids is 1. The van der Waals surface area contributed by atoms with Gasteiger partial charge in [-0.05, 0) is 42.8 Å². The first kappa shape index (κ1) is 17.5. The lowest BCUT2D eigenvalue weighted by Gasteiger charge is -2.09. The molecule has 1 amide bonds. The Hall–Kier alpha value is -3.64. The number of fused-ring (bicyclic) bond motifs is 2. The van der Waals surface area contributed by atoms with Gasteiger partial charge in [-0.3, -0.25) is 15.1 Å². The first-order valence-electron chi connectivity index (χ1n) is 9.17. The van der Waals surface area contributed by atoms with Gasteiger partial charge in [-0.1, -0.05) is 41.7 Å². The molecule has 5 rings (SSSR count). The van der Waals surface area contributed by atoms with Crippen molar-refractivity contribution in [2.45, 2.75) is 6.92 Å². The zero-order valence-electron chi connectivity index (χ0n) is 15.6. The molecule has 2 aromatic carbocycles. The molecule has 0 aliphatic heterocycles. The summed E-state index contributed by atoms with van der Waals surface area (Å²) in [4.78, 5) is 26.6. The molecular formula is C23H16N4OS. The molecule has 0 aliphatic rings. The zero-order valence-corrected chi connectivity index (χ0v) is 16.4. The van der Waals surface area contributed by atoms with Crippen LogP contribution in [-0.4, -0.2) is 20.9 Å². The molecule has 0 fully saturated rings. The van der Waals surface area contributed by atoms with Gasteiger partial charge in [-0.15, -0.1) is 0 Å². The number of hydrogen-bond acceptors (Lipinski definition) is 5. The van der Waals surface area contributed by atoms with Crippen LogP contribution in [0.4, 0.5) is 5.13 Å². The van der Waals surface area contributed by atoms with E-state index in [4.69, 9.17) is 4.98 Å². The molecule has 0 unspecified atom stereocenters. The maximum Gasteiger partial charge on any atom is 0.258 e. The second kappa shape index (κ2) is 7.07. The number of nitrogens with one attached hydrogen (secondary N) is 1. The van der Waals surface area contributed by atoms with Crippen molar-refractivity contribution in [3.8, 4) is 11.3 Å². The van der Waals surface area contributed by atoms with Gasteiger partial charge in [0, 0.05) is 23.3 Å². The minimum atomic E-state index is -0.199. The molecule has 0 bridgehead atoms. The average molecular weight is 396 g/mol. The Bertz CT molecular complexity index is 1360. The van der Waals surface area contributed by atoms with Gasteiger partial charge in [0.15, 0.2) is 5.13 Å². The highest BCUT2D eigenvalue weighted by atomic mass is 32.1. The highest BCUT2D eigenvalue weighted by molar-refractivity contribution is 7.22. The Balaban J connectivity index is 1.59. The van der Waals surface area contributed by atoms with Crippen LogP contribution in [0.2, 0.25) is 0 Å². The Morgan fingerprint density at radius 3 is 2.62 bits per heavy atom. The first-order valence-corrected chi connectivity index (χ1v) is 9.98. The number of nitrogens with zero attached hydrogens (tertiary/aromatic N) is 3. The van der Waals surface area contributed by atoms with Gasteiger partial charge in [0.05, 0.1) is 27.0 Å². The topological polar surface area (TPSA) is 67.8 Å². The number of carbonyl (C=O) groups is 1. The van der Waals surface area contributed by atoms with Gasteiger partial charge in [0.1, 0.15) is 0 Å². The maximum atomic E-state index is 13.2. The third-order valence-corrected chi connectivity index (χ3v) is 5.71. The van der Waals surface area contributed by atoms with Crippen LogP contribution in [0.25, 0.3) is 32.4 Å². The molecule has 0 radical (unpaired) electrons. The molecule has 0 atom stereocenters. The molecule has 0 spiro atoms. The van der Waals surface area contributed by atoms with E-state index >= 15 is 0 Å². The van der Waals surface area contributed by atoms with Crippen LogP contribution in [0.5, 0.6) is 0 Å². The molecule has 0 aliphatic carbocycles. The van der Waals surface area contributed by atoms with Gasteiger partial charge in [-0.2, -0.15) is 0 Å². The van der Waals surface area contributed by atoms with Gasteiger partial charge in [-0.25, -0.2) is 9.97 Å². The fraction of sp³-hybridized carbons (Fsp3) is 0.0435. The summed E-state index contributed by atoms with van der Waals surface area (Å²) in [6, 6.07) is 19.3. The smallest absolute Gasteiger partial charge is 0.258 e. The number of rotatable bonds is 3. The van der Waals surface area contributed by atoms with Crippen molar-refractivity contribution in [1.82, 2.24) is 15.0 Å². The number of pyridine rings is 2. The summed E-state index contributed by atoms with van der Waals surface area (Å²) in [6.07, 6.45) is 3.44. The highest BCUT2D eigenvalue weighted by Crippen LogP contribution is 2.29. The van der Waals surface area contributed by atoms with Crippen molar-refractivity contribution in [1.29, 1.82) is 0 Å². The van der Waals surface area contributed by atoms with Crippen molar-refractivity contribution in [3.63, 3.8) is 0 Å². The maximum absolute atomic E-state index is 13.2. The van der Waals surface area contributed by atoms with E-state index in [1.165, 1.54) is 11.3 Å². The molecule has 6 heteroatoms. The number of para-hydroxylation sites is 2. The Morgan fingerprint density at radius 2 is 1.79 bits per heavy atom. The lowest BCUT2D eigenvalue weighted by Crippen LogP contribution is -2.13. The summed E-state index contributed by atoms with van der Waals surface area (Å²) in [5.74, 6) is -0.199. The summed E-state index contributed by atoms with van der Waals surface area (Å²) in [6.45, 7) is 2.02. The summed E-state index contributed by atoms with van der Waals surface area (Å²) < 4.78 is 1.05. The number of aryl methyl sites for hydroxylation is 1. The second-order valence-electron chi connectivity index (χ2n) is 6.70. The fourth-order valence-electron chi connectivity index (χ4n) is 3.34. The number of aromatic nitrogens is 3. The van der Waals surface area contributed by atoms with Gasteiger partial charge >= 0.3 is 0 Å². The quantitative estimate of drug-likeness (QED) is 0.439. The molecule has 1 N–H and O–H groups in total. The molecular weight excluding hydrogens is 380 g/mol. The summed E-state index contributed by atoms with van der Waals surface area (Å²) in [5.41, 5.74) is 5.00. The molecule has 0 saturated carbocycles. The molecule has 5 nitrogen and oxygen atoms in total.